The van der Waals surface area contributed by atoms with Crippen LogP contribution in [0.2, 0.25) is 0 Å². The summed E-state index contributed by atoms with van der Waals surface area (Å²) in [6.07, 6.45) is -0.482. The molecule has 1 aromatic carbocycles. The molecule has 0 unspecified atom stereocenters. The Morgan fingerprint density at radius 3 is 2.53 bits per heavy atom. The lowest BCUT2D eigenvalue weighted by atomic mass is 10.2. The number of ether oxygens (including phenoxy) is 3. The molecule has 0 spiro atoms. The molecule has 0 aliphatic carbocycles. The first-order chi connectivity index (χ1) is 7.19. The number of halogens is 1. The van der Waals surface area contributed by atoms with Gasteiger partial charge < -0.3 is 14.2 Å². The second kappa shape index (κ2) is 5.68. The number of hydrogen-bond donors (Lipinski definition) is 0. The Morgan fingerprint density at radius 2 is 1.93 bits per heavy atom. The van der Waals surface area contributed by atoms with Gasteiger partial charge in [-0.3, -0.25) is 0 Å². The first-order valence-electron chi connectivity index (χ1n) is 4.62. The topological polar surface area (TPSA) is 27.7 Å². The van der Waals surface area contributed by atoms with Crippen LogP contribution in [-0.2, 0) is 9.47 Å². The number of methoxy groups -OCH3 is 2. The van der Waals surface area contributed by atoms with Gasteiger partial charge in [-0.15, -0.1) is 0 Å². The SMILES string of the molecule is COC(COc1cccc(C)c1F)OC. The minimum Gasteiger partial charge on any atom is -0.485 e. The fourth-order valence-electron chi connectivity index (χ4n) is 1.12. The molecule has 0 N–H and O–H groups in total. The Labute approximate surface area is 88.8 Å². The van der Waals surface area contributed by atoms with Gasteiger partial charge in [0.2, 0.25) is 0 Å². The third-order valence-electron chi connectivity index (χ3n) is 2.06. The Kier molecular flexibility index (Phi) is 4.52. The van der Waals surface area contributed by atoms with Gasteiger partial charge in [-0.1, -0.05) is 12.1 Å². The molecule has 15 heavy (non-hydrogen) atoms. The third kappa shape index (κ3) is 3.18. The number of rotatable bonds is 5. The van der Waals surface area contributed by atoms with Crippen LogP contribution in [0.3, 0.4) is 0 Å². The molecular weight excluding hydrogens is 199 g/mol. The summed E-state index contributed by atoms with van der Waals surface area (Å²) in [5, 5.41) is 0. The molecule has 3 nitrogen and oxygen atoms in total. The standard InChI is InChI=1S/C11H15FO3/c1-8-5-4-6-9(11(8)12)15-7-10(13-2)14-3/h4-6,10H,7H2,1-3H3. The average Bonchev–Trinajstić information content (AvgIpc) is 2.25. The molecule has 0 aliphatic heterocycles. The van der Waals surface area contributed by atoms with Crippen molar-refractivity contribution in [2.75, 3.05) is 20.8 Å². The van der Waals surface area contributed by atoms with E-state index in [4.69, 9.17) is 14.2 Å². The van der Waals surface area contributed by atoms with Crippen LogP contribution in [0.15, 0.2) is 18.2 Å². The number of benzene rings is 1. The van der Waals surface area contributed by atoms with Crippen LogP contribution in [0.25, 0.3) is 0 Å². The van der Waals surface area contributed by atoms with E-state index in [1.807, 2.05) is 0 Å². The minimum atomic E-state index is -0.482. The lowest BCUT2D eigenvalue weighted by Crippen LogP contribution is -2.22. The van der Waals surface area contributed by atoms with E-state index in [0.717, 1.165) is 0 Å². The van der Waals surface area contributed by atoms with Gasteiger partial charge in [-0.05, 0) is 18.6 Å². The summed E-state index contributed by atoms with van der Waals surface area (Å²) in [6.45, 7) is 1.85. The Morgan fingerprint density at radius 1 is 1.27 bits per heavy atom. The Hall–Kier alpha value is -1.13. The van der Waals surface area contributed by atoms with Crippen molar-refractivity contribution in [3.05, 3.63) is 29.6 Å². The van der Waals surface area contributed by atoms with Crippen molar-refractivity contribution in [2.24, 2.45) is 0 Å². The first kappa shape index (κ1) is 11.9. The van der Waals surface area contributed by atoms with Gasteiger partial charge in [-0.2, -0.15) is 0 Å². The molecule has 0 atom stereocenters. The highest BCUT2D eigenvalue weighted by Crippen LogP contribution is 2.19. The molecule has 0 aromatic heterocycles. The van der Waals surface area contributed by atoms with E-state index in [2.05, 4.69) is 0 Å². The maximum absolute atomic E-state index is 13.5. The molecule has 84 valence electrons. The van der Waals surface area contributed by atoms with Crippen LogP contribution >= 0.6 is 0 Å². The third-order valence-corrected chi connectivity index (χ3v) is 2.06. The van der Waals surface area contributed by atoms with Crippen LogP contribution in [0, 0.1) is 12.7 Å². The van der Waals surface area contributed by atoms with Gasteiger partial charge in [0.15, 0.2) is 17.9 Å². The van der Waals surface area contributed by atoms with E-state index in [1.165, 1.54) is 14.2 Å². The summed E-state index contributed by atoms with van der Waals surface area (Å²) in [7, 11) is 3.01. The zero-order valence-electron chi connectivity index (χ0n) is 9.12. The molecule has 0 fully saturated rings. The van der Waals surface area contributed by atoms with Gasteiger partial charge in [0.25, 0.3) is 0 Å². The summed E-state index contributed by atoms with van der Waals surface area (Å²) < 4.78 is 28.5. The van der Waals surface area contributed by atoms with Crippen LogP contribution in [0.4, 0.5) is 4.39 Å². The van der Waals surface area contributed by atoms with E-state index < -0.39 is 6.29 Å². The van der Waals surface area contributed by atoms with Gasteiger partial charge in [-0.25, -0.2) is 4.39 Å². The Bertz CT molecular complexity index is 311. The molecule has 0 saturated carbocycles. The number of hydrogen-bond acceptors (Lipinski definition) is 3. The lowest BCUT2D eigenvalue weighted by molar-refractivity contribution is -0.122. The maximum Gasteiger partial charge on any atom is 0.191 e. The molecule has 0 amide bonds. The van der Waals surface area contributed by atoms with Crippen LogP contribution < -0.4 is 4.74 Å². The summed E-state index contributed by atoms with van der Waals surface area (Å²) >= 11 is 0. The molecule has 0 aliphatic rings. The minimum absolute atomic E-state index is 0.160. The smallest absolute Gasteiger partial charge is 0.191 e. The highest BCUT2D eigenvalue weighted by Gasteiger charge is 2.09. The van der Waals surface area contributed by atoms with Crippen molar-refractivity contribution < 1.29 is 18.6 Å². The second-order valence-electron chi connectivity index (χ2n) is 3.10. The zero-order chi connectivity index (χ0) is 11.3. The molecule has 0 bridgehead atoms. The van der Waals surface area contributed by atoms with Crippen LogP contribution in [0.5, 0.6) is 5.75 Å². The van der Waals surface area contributed by atoms with Crippen molar-refractivity contribution in [2.45, 2.75) is 13.2 Å². The zero-order valence-corrected chi connectivity index (χ0v) is 9.12. The molecule has 0 heterocycles. The summed E-state index contributed by atoms with van der Waals surface area (Å²) in [5.41, 5.74) is 0.555. The van der Waals surface area contributed by atoms with Gasteiger partial charge >= 0.3 is 0 Å². The van der Waals surface area contributed by atoms with E-state index in [0.29, 0.717) is 5.56 Å². The van der Waals surface area contributed by atoms with E-state index in [-0.39, 0.29) is 18.2 Å². The second-order valence-corrected chi connectivity index (χ2v) is 3.10. The van der Waals surface area contributed by atoms with Crippen molar-refractivity contribution in [1.29, 1.82) is 0 Å². The highest BCUT2D eigenvalue weighted by atomic mass is 19.1. The normalized spacial score (nSPS) is 10.7. The largest absolute Gasteiger partial charge is 0.485 e. The molecule has 4 heteroatoms. The summed E-state index contributed by atoms with van der Waals surface area (Å²) in [6, 6.07) is 5.00. The fourth-order valence-corrected chi connectivity index (χ4v) is 1.12. The Balaban J connectivity index is 2.61. The van der Waals surface area contributed by atoms with Crippen LogP contribution in [-0.4, -0.2) is 27.1 Å². The van der Waals surface area contributed by atoms with Gasteiger partial charge in [0, 0.05) is 14.2 Å². The fraction of sp³-hybridized carbons (Fsp3) is 0.455. The van der Waals surface area contributed by atoms with Crippen molar-refractivity contribution in [3.63, 3.8) is 0 Å². The lowest BCUT2D eigenvalue weighted by Gasteiger charge is -2.15. The summed E-state index contributed by atoms with van der Waals surface area (Å²) in [4.78, 5) is 0. The molecule has 0 radical (unpaired) electrons. The predicted octanol–water partition coefficient (Wildman–Crippen LogP) is 2.13. The average molecular weight is 214 g/mol. The van der Waals surface area contributed by atoms with Crippen LogP contribution in [0.1, 0.15) is 5.56 Å². The van der Waals surface area contributed by atoms with Gasteiger partial charge in [0.1, 0.15) is 6.61 Å². The highest BCUT2D eigenvalue weighted by molar-refractivity contribution is 5.29. The molecule has 1 aromatic rings. The van der Waals surface area contributed by atoms with Crippen molar-refractivity contribution >= 4 is 0 Å². The number of aryl methyl sites for hydroxylation is 1. The van der Waals surface area contributed by atoms with Gasteiger partial charge in [0.05, 0.1) is 0 Å². The van der Waals surface area contributed by atoms with E-state index in [9.17, 15) is 4.39 Å². The van der Waals surface area contributed by atoms with E-state index >= 15 is 0 Å². The predicted molar refractivity (Wildman–Crippen MR) is 54.4 cm³/mol. The molecule has 0 saturated heterocycles. The first-order valence-corrected chi connectivity index (χ1v) is 4.62. The maximum atomic E-state index is 13.5. The van der Waals surface area contributed by atoms with E-state index in [1.54, 1.807) is 25.1 Å². The molecule has 1 rings (SSSR count). The summed E-state index contributed by atoms with van der Waals surface area (Å²) in [5.74, 6) is -0.127. The van der Waals surface area contributed by atoms with Crippen molar-refractivity contribution in [1.82, 2.24) is 0 Å². The quantitative estimate of drug-likeness (QED) is 0.703. The monoisotopic (exact) mass is 214 g/mol. The molecular formula is C11H15FO3. The van der Waals surface area contributed by atoms with Crippen molar-refractivity contribution in [3.8, 4) is 5.75 Å².